The molecule has 6 heteroatoms. The summed E-state index contributed by atoms with van der Waals surface area (Å²) in [4.78, 5) is 20.5. The minimum atomic E-state index is -0.830. The van der Waals surface area contributed by atoms with Crippen molar-refractivity contribution in [3.63, 3.8) is 0 Å². The van der Waals surface area contributed by atoms with Crippen molar-refractivity contribution in [3.05, 3.63) is 0 Å². The molecule has 0 aromatic rings. The van der Waals surface area contributed by atoms with Crippen LogP contribution in [0.15, 0.2) is 0 Å². The first kappa shape index (κ1) is 20.0. The lowest BCUT2D eigenvalue weighted by Crippen LogP contribution is -2.15. The molecule has 15 heavy (non-hydrogen) atoms. The van der Waals surface area contributed by atoms with Crippen molar-refractivity contribution in [3.8, 4) is 0 Å². The van der Waals surface area contributed by atoms with E-state index in [0.717, 1.165) is 0 Å². The minimum absolute atomic E-state index is 0. The number of carboxylic acids is 2. The van der Waals surface area contributed by atoms with Gasteiger partial charge in [0.25, 0.3) is 0 Å². The van der Waals surface area contributed by atoms with Crippen LogP contribution in [0.3, 0.4) is 0 Å². The average Bonchev–Trinajstić information content (AvgIpc) is 1.98. The molecule has 4 nitrogen and oxygen atoms in total. The lowest BCUT2D eigenvalue weighted by molar-refractivity contribution is -0.137. The van der Waals surface area contributed by atoms with Crippen LogP contribution in [0.5, 0.6) is 0 Å². The number of rotatable bonds is 6. The Morgan fingerprint density at radius 3 is 1.40 bits per heavy atom. The van der Waals surface area contributed by atoms with Crippen molar-refractivity contribution < 1.29 is 19.8 Å². The molecule has 0 heterocycles. The van der Waals surface area contributed by atoms with Crippen LogP contribution in [0.2, 0.25) is 0 Å². The summed E-state index contributed by atoms with van der Waals surface area (Å²) in [6.07, 6.45) is 1.25. The first-order valence-electron chi connectivity index (χ1n) is 4.27. The zero-order valence-corrected chi connectivity index (χ0v) is 10.5. The van der Waals surface area contributed by atoms with Gasteiger partial charge in [0.2, 0.25) is 0 Å². The fourth-order valence-corrected chi connectivity index (χ4v) is 1.02. The van der Waals surface area contributed by atoms with E-state index in [1.807, 2.05) is 13.8 Å². The van der Waals surface area contributed by atoms with Crippen LogP contribution < -0.4 is 0 Å². The third kappa shape index (κ3) is 13.5. The van der Waals surface area contributed by atoms with Gasteiger partial charge in [-0.3, -0.25) is 9.59 Å². The third-order valence-electron chi connectivity index (χ3n) is 2.03. The van der Waals surface area contributed by atoms with E-state index in [1.165, 1.54) is 0 Å². The van der Waals surface area contributed by atoms with Gasteiger partial charge in [-0.2, -0.15) is 0 Å². The highest BCUT2D eigenvalue weighted by atomic mass is 35.5. The van der Waals surface area contributed by atoms with E-state index in [1.54, 1.807) is 0 Å². The van der Waals surface area contributed by atoms with Crippen LogP contribution in [0.4, 0.5) is 0 Å². The molecule has 0 saturated heterocycles. The van der Waals surface area contributed by atoms with E-state index in [0.29, 0.717) is 12.8 Å². The molecule has 0 aromatic heterocycles. The second kappa shape index (κ2) is 8.80. The second-order valence-electron chi connectivity index (χ2n) is 3.95. The fraction of sp³-hybridized carbons (Fsp3) is 0.778. The summed E-state index contributed by atoms with van der Waals surface area (Å²) in [6, 6.07) is 0. The summed E-state index contributed by atoms with van der Waals surface area (Å²) in [7, 11) is 0. The van der Waals surface area contributed by atoms with Crippen LogP contribution in [0, 0.1) is 5.41 Å². The quantitative estimate of drug-likeness (QED) is 0.770. The van der Waals surface area contributed by atoms with Gasteiger partial charge in [0.15, 0.2) is 0 Å². The Morgan fingerprint density at radius 2 is 1.20 bits per heavy atom. The van der Waals surface area contributed by atoms with E-state index in [2.05, 4.69) is 0 Å². The maximum absolute atomic E-state index is 10.3. The summed E-state index contributed by atoms with van der Waals surface area (Å²) in [5.74, 6) is -1.66. The minimum Gasteiger partial charge on any atom is -0.481 e. The number of hydrogen-bond donors (Lipinski definition) is 2. The zero-order valence-electron chi connectivity index (χ0n) is 8.86. The van der Waals surface area contributed by atoms with Gasteiger partial charge in [0.05, 0.1) is 0 Å². The smallest absolute Gasteiger partial charge is 0.303 e. The standard InChI is InChI=1S/C9H16O4.2ClH/c1-9(2,5-3-7(10)11)6-4-8(12)13;;/h3-6H2,1-2H3,(H,10,11)(H,12,13);2*1H. The van der Waals surface area contributed by atoms with E-state index < -0.39 is 11.9 Å². The van der Waals surface area contributed by atoms with E-state index in [4.69, 9.17) is 10.2 Å². The van der Waals surface area contributed by atoms with E-state index in [9.17, 15) is 9.59 Å². The molecule has 0 atom stereocenters. The van der Waals surface area contributed by atoms with Crippen molar-refractivity contribution >= 4 is 36.8 Å². The molecule has 0 bridgehead atoms. The van der Waals surface area contributed by atoms with Gasteiger partial charge in [0.1, 0.15) is 0 Å². The van der Waals surface area contributed by atoms with Crippen LogP contribution >= 0.6 is 24.8 Å². The van der Waals surface area contributed by atoms with Gasteiger partial charge in [-0.1, -0.05) is 13.8 Å². The molecule has 0 aliphatic rings. The Bertz CT molecular complexity index is 184. The molecular formula is C9H18Cl2O4. The van der Waals surface area contributed by atoms with Gasteiger partial charge in [-0.25, -0.2) is 0 Å². The number of hydrogen-bond acceptors (Lipinski definition) is 2. The van der Waals surface area contributed by atoms with Gasteiger partial charge in [0, 0.05) is 12.8 Å². The molecule has 0 saturated carbocycles. The van der Waals surface area contributed by atoms with Crippen LogP contribution in [-0.2, 0) is 9.59 Å². The lowest BCUT2D eigenvalue weighted by atomic mass is 9.83. The van der Waals surface area contributed by atoms with Gasteiger partial charge in [-0.15, -0.1) is 24.8 Å². The molecule has 0 aliphatic heterocycles. The molecule has 0 fully saturated rings. The first-order valence-corrected chi connectivity index (χ1v) is 4.27. The Hall–Kier alpha value is -0.480. The van der Waals surface area contributed by atoms with Gasteiger partial charge >= 0.3 is 11.9 Å². The van der Waals surface area contributed by atoms with Gasteiger partial charge < -0.3 is 10.2 Å². The maximum Gasteiger partial charge on any atom is 0.303 e. The largest absolute Gasteiger partial charge is 0.481 e. The summed E-state index contributed by atoms with van der Waals surface area (Å²) >= 11 is 0. The first-order chi connectivity index (χ1) is 5.83. The van der Waals surface area contributed by atoms with Crippen LogP contribution in [0.1, 0.15) is 39.5 Å². The topological polar surface area (TPSA) is 74.6 Å². The molecule has 2 N–H and O–H groups in total. The molecule has 0 amide bonds. The average molecular weight is 261 g/mol. The van der Waals surface area contributed by atoms with Crippen molar-refractivity contribution in [1.29, 1.82) is 0 Å². The molecule has 0 unspecified atom stereocenters. The number of aliphatic carboxylic acids is 2. The molecule has 0 aromatic carbocycles. The lowest BCUT2D eigenvalue weighted by Gasteiger charge is -2.22. The summed E-state index contributed by atoms with van der Waals surface area (Å²) in [5, 5.41) is 16.9. The predicted molar refractivity (Wildman–Crippen MR) is 62.0 cm³/mol. The predicted octanol–water partition coefficient (Wildman–Crippen LogP) is 2.59. The SMILES string of the molecule is CC(C)(CCC(=O)O)CCC(=O)O.Cl.Cl. The number of halogens is 2. The van der Waals surface area contributed by atoms with E-state index in [-0.39, 0.29) is 43.1 Å². The molecule has 92 valence electrons. The molecule has 0 rings (SSSR count). The Labute approximate surface area is 102 Å². The summed E-state index contributed by atoms with van der Waals surface area (Å²) < 4.78 is 0. The van der Waals surface area contributed by atoms with Crippen molar-refractivity contribution in [2.45, 2.75) is 39.5 Å². The molecule has 0 aliphatic carbocycles. The molecule has 0 spiro atoms. The Morgan fingerprint density at radius 1 is 0.933 bits per heavy atom. The van der Waals surface area contributed by atoms with Crippen molar-refractivity contribution in [2.24, 2.45) is 5.41 Å². The fourth-order valence-electron chi connectivity index (χ4n) is 1.02. The van der Waals surface area contributed by atoms with Crippen molar-refractivity contribution in [2.75, 3.05) is 0 Å². The second-order valence-corrected chi connectivity index (χ2v) is 3.95. The van der Waals surface area contributed by atoms with E-state index >= 15 is 0 Å². The summed E-state index contributed by atoms with van der Waals surface area (Å²) in [5.41, 5.74) is -0.198. The zero-order chi connectivity index (χ0) is 10.5. The monoisotopic (exact) mass is 260 g/mol. The van der Waals surface area contributed by atoms with Gasteiger partial charge in [-0.05, 0) is 18.3 Å². The Kier molecular flexibility index (Phi) is 11.7. The maximum atomic E-state index is 10.3. The summed E-state index contributed by atoms with van der Waals surface area (Å²) in [6.45, 7) is 3.78. The molecular weight excluding hydrogens is 243 g/mol. The Balaban J connectivity index is -0.000000720. The highest BCUT2D eigenvalue weighted by molar-refractivity contribution is 5.85. The number of carbonyl (C=O) groups is 2. The third-order valence-corrected chi connectivity index (χ3v) is 2.03. The van der Waals surface area contributed by atoms with Crippen LogP contribution in [0.25, 0.3) is 0 Å². The normalized spacial score (nSPS) is 9.73. The molecule has 0 radical (unpaired) electrons. The van der Waals surface area contributed by atoms with Crippen molar-refractivity contribution in [1.82, 2.24) is 0 Å². The highest BCUT2D eigenvalue weighted by Gasteiger charge is 2.19. The number of carboxylic acid groups (broad SMARTS) is 2. The highest BCUT2D eigenvalue weighted by Crippen LogP contribution is 2.27. The van der Waals surface area contributed by atoms with Crippen LogP contribution in [-0.4, -0.2) is 22.2 Å².